The number of benzene rings is 2. The van der Waals surface area contributed by atoms with Crippen LogP contribution in [0, 0.1) is 5.92 Å². The van der Waals surface area contributed by atoms with Crippen LogP contribution in [0.5, 0.6) is 0 Å². The molecule has 3 aromatic heterocycles. The molecule has 1 aliphatic rings. The lowest BCUT2D eigenvalue weighted by atomic mass is 10.1. The molecule has 194 valence electrons. The van der Waals surface area contributed by atoms with Gasteiger partial charge in [0.05, 0.1) is 36.2 Å². The third-order valence-corrected chi connectivity index (χ3v) is 6.91. The van der Waals surface area contributed by atoms with Gasteiger partial charge in [-0.05, 0) is 37.6 Å². The summed E-state index contributed by atoms with van der Waals surface area (Å²) in [5, 5.41) is 5.91. The Morgan fingerprint density at radius 3 is 2.71 bits per heavy atom. The fourth-order valence-electron chi connectivity index (χ4n) is 5.10. The molecular weight excluding hydrogens is 484 g/mol. The van der Waals surface area contributed by atoms with Crippen molar-refractivity contribution >= 4 is 39.2 Å². The summed E-state index contributed by atoms with van der Waals surface area (Å²) in [6.07, 6.45) is 1.02. The summed E-state index contributed by atoms with van der Waals surface area (Å²) in [4.78, 5) is 38.1. The number of para-hydroxylation sites is 2. The van der Waals surface area contributed by atoms with Gasteiger partial charge in [0.2, 0.25) is 0 Å². The van der Waals surface area contributed by atoms with Crippen molar-refractivity contribution < 1.29 is 14.3 Å². The van der Waals surface area contributed by atoms with E-state index in [9.17, 15) is 9.59 Å². The molecule has 10 nitrogen and oxygen atoms in total. The van der Waals surface area contributed by atoms with Crippen LogP contribution in [-0.2, 0) is 16.0 Å². The van der Waals surface area contributed by atoms with E-state index in [1.807, 2.05) is 49.5 Å². The van der Waals surface area contributed by atoms with Gasteiger partial charge in [-0.1, -0.05) is 24.3 Å². The van der Waals surface area contributed by atoms with Gasteiger partial charge in [-0.2, -0.15) is 5.10 Å². The van der Waals surface area contributed by atoms with Gasteiger partial charge in [-0.3, -0.25) is 9.36 Å². The molecule has 5 aromatic rings. The molecule has 0 saturated carbocycles. The molecule has 1 fully saturated rings. The molecule has 0 bridgehead atoms. The number of rotatable bonds is 7. The molecule has 1 atom stereocenters. The lowest BCUT2D eigenvalue weighted by Gasteiger charge is -2.23. The van der Waals surface area contributed by atoms with E-state index in [0.717, 1.165) is 42.9 Å². The SMILES string of the molecule is CCOC(=O)c1cc2n(Cc3nc(N(C)CC4CCOC4)c4ccccc4n3)c(=O)c3ccccc3n2n1. The second-order valence-electron chi connectivity index (χ2n) is 9.52. The maximum Gasteiger partial charge on any atom is 0.358 e. The summed E-state index contributed by atoms with van der Waals surface area (Å²) in [5.41, 5.74) is 1.80. The normalized spacial score (nSPS) is 15.5. The van der Waals surface area contributed by atoms with Crippen molar-refractivity contribution in [3.05, 3.63) is 76.5 Å². The molecule has 0 amide bonds. The second kappa shape index (κ2) is 9.86. The zero-order chi connectivity index (χ0) is 26.2. The third kappa shape index (κ3) is 4.26. The Morgan fingerprint density at radius 2 is 1.92 bits per heavy atom. The fourth-order valence-corrected chi connectivity index (χ4v) is 5.10. The molecule has 10 heteroatoms. The van der Waals surface area contributed by atoms with Crippen molar-refractivity contribution in [3.63, 3.8) is 0 Å². The van der Waals surface area contributed by atoms with E-state index < -0.39 is 5.97 Å². The summed E-state index contributed by atoms with van der Waals surface area (Å²) in [5.74, 6) is 1.20. The minimum atomic E-state index is -0.541. The zero-order valence-electron chi connectivity index (χ0n) is 21.3. The first-order chi connectivity index (χ1) is 18.5. The van der Waals surface area contributed by atoms with Crippen LogP contribution in [0.4, 0.5) is 5.82 Å². The van der Waals surface area contributed by atoms with Crippen LogP contribution >= 0.6 is 0 Å². The number of hydrogen-bond acceptors (Lipinski definition) is 8. The molecule has 0 aliphatic carbocycles. The molecule has 1 unspecified atom stereocenters. The van der Waals surface area contributed by atoms with E-state index in [4.69, 9.17) is 19.4 Å². The first kappa shape index (κ1) is 24.1. The van der Waals surface area contributed by atoms with Gasteiger partial charge in [-0.15, -0.1) is 0 Å². The van der Waals surface area contributed by atoms with Crippen LogP contribution in [0.25, 0.3) is 27.5 Å². The molecule has 1 aliphatic heterocycles. The number of fused-ring (bicyclic) bond motifs is 4. The average molecular weight is 513 g/mol. The number of ether oxygens (including phenoxy) is 2. The predicted octanol–water partition coefficient (Wildman–Crippen LogP) is 3.29. The Kier molecular flexibility index (Phi) is 6.24. The lowest BCUT2D eigenvalue weighted by molar-refractivity contribution is 0.0519. The molecule has 0 spiro atoms. The molecule has 1 saturated heterocycles. The van der Waals surface area contributed by atoms with Gasteiger partial charge in [0, 0.05) is 37.6 Å². The van der Waals surface area contributed by atoms with Gasteiger partial charge in [0.1, 0.15) is 11.5 Å². The summed E-state index contributed by atoms with van der Waals surface area (Å²) in [6.45, 7) is 4.42. The molecular formula is C28H28N6O4. The maximum absolute atomic E-state index is 13.7. The smallest absolute Gasteiger partial charge is 0.358 e. The van der Waals surface area contributed by atoms with Crippen LogP contribution in [0.1, 0.15) is 29.7 Å². The molecule has 4 heterocycles. The fraction of sp³-hybridized carbons (Fsp3) is 0.321. The highest BCUT2D eigenvalue weighted by molar-refractivity contribution is 5.90. The quantitative estimate of drug-likeness (QED) is 0.306. The van der Waals surface area contributed by atoms with Gasteiger partial charge in [0.25, 0.3) is 5.56 Å². The minimum absolute atomic E-state index is 0.110. The van der Waals surface area contributed by atoms with Crippen LogP contribution in [0.2, 0.25) is 0 Å². The lowest BCUT2D eigenvalue weighted by Crippen LogP contribution is -2.28. The number of hydrogen-bond donors (Lipinski definition) is 0. The highest BCUT2D eigenvalue weighted by Gasteiger charge is 2.22. The predicted molar refractivity (Wildman–Crippen MR) is 144 cm³/mol. The summed E-state index contributed by atoms with van der Waals surface area (Å²) < 4.78 is 13.9. The molecule has 0 radical (unpaired) electrons. The van der Waals surface area contributed by atoms with Crippen molar-refractivity contribution in [1.29, 1.82) is 0 Å². The Labute approximate surface area is 218 Å². The van der Waals surface area contributed by atoms with Crippen LogP contribution < -0.4 is 10.5 Å². The van der Waals surface area contributed by atoms with E-state index in [1.165, 1.54) is 0 Å². The maximum atomic E-state index is 13.7. The molecule has 2 aromatic carbocycles. The highest BCUT2D eigenvalue weighted by atomic mass is 16.5. The number of carbonyl (C=O) groups excluding carboxylic acids is 1. The summed E-state index contributed by atoms with van der Waals surface area (Å²) >= 11 is 0. The summed E-state index contributed by atoms with van der Waals surface area (Å²) in [7, 11) is 2.03. The monoisotopic (exact) mass is 512 g/mol. The largest absolute Gasteiger partial charge is 0.461 e. The van der Waals surface area contributed by atoms with Gasteiger partial charge in [0.15, 0.2) is 11.5 Å². The number of aromatic nitrogens is 5. The van der Waals surface area contributed by atoms with Gasteiger partial charge >= 0.3 is 5.97 Å². The van der Waals surface area contributed by atoms with Crippen molar-refractivity contribution in [2.24, 2.45) is 5.92 Å². The zero-order valence-corrected chi connectivity index (χ0v) is 21.3. The minimum Gasteiger partial charge on any atom is -0.461 e. The Morgan fingerprint density at radius 1 is 1.13 bits per heavy atom. The first-order valence-corrected chi connectivity index (χ1v) is 12.8. The number of carbonyl (C=O) groups is 1. The van der Waals surface area contributed by atoms with E-state index >= 15 is 0 Å². The number of nitrogens with zero attached hydrogens (tertiary/aromatic N) is 6. The van der Waals surface area contributed by atoms with E-state index in [2.05, 4.69) is 10.00 Å². The highest BCUT2D eigenvalue weighted by Crippen LogP contribution is 2.26. The van der Waals surface area contributed by atoms with Crippen molar-refractivity contribution in [1.82, 2.24) is 24.1 Å². The van der Waals surface area contributed by atoms with E-state index in [0.29, 0.717) is 28.3 Å². The van der Waals surface area contributed by atoms with Crippen LogP contribution in [0.15, 0.2) is 59.4 Å². The van der Waals surface area contributed by atoms with Gasteiger partial charge in [-0.25, -0.2) is 19.3 Å². The third-order valence-electron chi connectivity index (χ3n) is 6.91. The molecule has 38 heavy (non-hydrogen) atoms. The Balaban J connectivity index is 1.49. The molecule has 0 N–H and O–H groups in total. The number of esters is 1. The summed E-state index contributed by atoms with van der Waals surface area (Å²) in [6, 6.07) is 16.7. The topological polar surface area (TPSA) is 104 Å². The Hall–Kier alpha value is -4.31. The molecule has 6 rings (SSSR count). The standard InChI is InChI=1S/C28H28N6O4/c1-3-38-28(36)22-14-25-33(27(35)20-9-5-7-11-23(20)34(25)31-22)16-24-29-21-10-6-4-8-19(21)26(30-24)32(2)15-18-12-13-37-17-18/h4-11,14,18H,3,12-13,15-17H2,1-2H3. The second-order valence-corrected chi connectivity index (χ2v) is 9.52. The Bertz CT molecular complexity index is 1720. The van der Waals surface area contributed by atoms with E-state index in [-0.39, 0.29) is 24.4 Å². The average Bonchev–Trinajstić information content (AvgIpc) is 3.61. The van der Waals surface area contributed by atoms with Crippen molar-refractivity contribution in [2.75, 3.05) is 38.3 Å². The van der Waals surface area contributed by atoms with Crippen molar-refractivity contribution in [2.45, 2.75) is 19.9 Å². The van der Waals surface area contributed by atoms with E-state index in [1.54, 1.807) is 28.1 Å². The van der Waals surface area contributed by atoms with Crippen LogP contribution in [0.3, 0.4) is 0 Å². The van der Waals surface area contributed by atoms with Crippen LogP contribution in [-0.4, -0.2) is 63.5 Å². The van der Waals surface area contributed by atoms with Gasteiger partial charge < -0.3 is 14.4 Å². The van der Waals surface area contributed by atoms with Crippen molar-refractivity contribution in [3.8, 4) is 0 Å². The first-order valence-electron chi connectivity index (χ1n) is 12.8. The number of anilines is 1.